The number of thioether (sulfide) groups is 1. The molecule has 0 amide bonds. The molecule has 2 aromatic heterocycles. The molecule has 0 bridgehead atoms. The zero-order valence-corrected chi connectivity index (χ0v) is 19.9. The molecule has 0 aliphatic heterocycles. The van der Waals surface area contributed by atoms with E-state index in [-0.39, 0.29) is 18.3 Å². The second-order valence-corrected chi connectivity index (χ2v) is 7.95. The van der Waals surface area contributed by atoms with Gasteiger partial charge in [0.25, 0.3) is 0 Å². The molecular weight excluding hydrogens is 470 g/mol. The predicted octanol–water partition coefficient (Wildman–Crippen LogP) is 3.48. The Balaban J connectivity index is 1.28. The number of rotatable bonds is 12. The van der Waals surface area contributed by atoms with Crippen LogP contribution in [-0.2, 0) is 6.73 Å². The van der Waals surface area contributed by atoms with E-state index in [1.54, 1.807) is 67.7 Å². The molecule has 180 valence electrons. The molecule has 11 nitrogen and oxygen atoms in total. The van der Waals surface area contributed by atoms with Gasteiger partial charge in [0.2, 0.25) is 11.1 Å². The van der Waals surface area contributed by atoms with Gasteiger partial charge in [-0.05, 0) is 42.0 Å². The maximum absolute atomic E-state index is 12.4. The van der Waals surface area contributed by atoms with Gasteiger partial charge in [-0.15, -0.1) is 5.10 Å². The summed E-state index contributed by atoms with van der Waals surface area (Å²) in [7, 11) is 3.13. The van der Waals surface area contributed by atoms with Crippen molar-refractivity contribution in [2.24, 2.45) is 5.10 Å². The lowest BCUT2D eigenvalue weighted by atomic mass is 10.1. The van der Waals surface area contributed by atoms with Crippen molar-refractivity contribution in [1.82, 2.24) is 25.0 Å². The van der Waals surface area contributed by atoms with Crippen LogP contribution in [-0.4, -0.2) is 56.9 Å². The zero-order valence-electron chi connectivity index (χ0n) is 19.0. The van der Waals surface area contributed by atoms with Crippen LogP contribution in [0.3, 0.4) is 0 Å². The standard InChI is InChI=1S/C23H23N7O4S/c1-32-18-6-3-5-17(12-18)19(31)14-35-23-26-22(28-29-23)27-24-13-16-7-8-20(21(11-16)33-2)34-15-30-10-4-9-25-30/h3-13H,14-15H2,1-2H3,(H2,26,27,28,29)/b24-13-. The largest absolute Gasteiger partial charge is 0.497 e. The Morgan fingerprint density at radius 3 is 2.89 bits per heavy atom. The maximum Gasteiger partial charge on any atom is 0.240 e. The van der Waals surface area contributed by atoms with Crippen molar-refractivity contribution in [3.8, 4) is 17.2 Å². The summed E-state index contributed by atoms with van der Waals surface area (Å²) in [5.41, 5.74) is 4.15. The topological polar surface area (TPSA) is 129 Å². The second kappa shape index (κ2) is 11.7. The first kappa shape index (κ1) is 23.8. The Morgan fingerprint density at radius 1 is 1.17 bits per heavy atom. The minimum Gasteiger partial charge on any atom is -0.497 e. The van der Waals surface area contributed by atoms with E-state index in [9.17, 15) is 4.79 Å². The molecule has 2 N–H and O–H groups in total. The highest BCUT2D eigenvalue weighted by atomic mass is 32.2. The van der Waals surface area contributed by atoms with Gasteiger partial charge in [-0.25, -0.2) is 15.2 Å². The van der Waals surface area contributed by atoms with Crippen molar-refractivity contribution in [3.05, 3.63) is 72.1 Å². The van der Waals surface area contributed by atoms with E-state index < -0.39 is 0 Å². The van der Waals surface area contributed by atoms with Crippen LogP contribution in [0.4, 0.5) is 5.95 Å². The minimum atomic E-state index is -0.0442. The first-order valence-corrected chi connectivity index (χ1v) is 11.4. The summed E-state index contributed by atoms with van der Waals surface area (Å²) in [6.45, 7) is 0.273. The third-order valence-electron chi connectivity index (χ3n) is 4.67. The number of anilines is 1. The van der Waals surface area contributed by atoms with Crippen LogP contribution in [0.1, 0.15) is 15.9 Å². The molecule has 0 aliphatic carbocycles. The summed E-state index contributed by atoms with van der Waals surface area (Å²) >= 11 is 1.23. The van der Waals surface area contributed by atoms with Gasteiger partial charge in [0.05, 0.1) is 26.2 Å². The number of hydrogen-bond donors (Lipinski definition) is 2. The maximum atomic E-state index is 12.4. The van der Waals surface area contributed by atoms with Crippen molar-refractivity contribution in [3.63, 3.8) is 0 Å². The molecule has 0 unspecified atom stereocenters. The van der Waals surface area contributed by atoms with Gasteiger partial charge in [-0.2, -0.15) is 15.2 Å². The average molecular weight is 494 g/mol. The number of nitrogens with zero attached hydrogens (tertiary/aromatic N) is 5. The second-order valence-electron chi connectivity index (χ2n) is 7.01. The number of H-pyrrole nitrogens is 1. The van der Waals surface area contributed by atoms with Crippen molar-refractivity contribution < 1.29 is 19.0 Å². The Labute approximate surface area is 205 Å². The lowest BCUT2D eigenvalue weighted by molar-refractivity contribution is 0.102. The predicted molar refractivity (Wildman–Crippen MR) is 131 cm³/mol. The number of carbonyl (C=O) groups excluding carboxylic acids is 1. The van der Waals surface area contributed by atoms with Crippen LogP contribution >= 0.6 is 11.8 Å². The summed E-state index contributed by atoms with van der Waals surface area (Å²) in [5.74, 6) is 2.30. The molecule has 0 radical (unpaired) electrons. The number of carbonyl (C=O) groups is 1. The summed E-state index contributed by atoms with van der Waals surface area (Å²) < 4.78 is 18.0. The highest BCUT2D eigenvalue weighted by molar-refractivity contribution is 7.99. The number of hydrazone groups is 1. The fraction of sp³-hybridized carbons (Fsp3) is 0.174. The highest BCUT2D eigenvalue weighted by Crippen LogP contribution is 2.28. The van der Waals surface area contributed by atoms with Gasteiger partial charge in [0.1, 0.15) is 5.75 Å². The molecule has 12 heteroatoms. The molecule has 35 heavy (non-hydrogen) atoms. The first-order valence-electron chi connectivity index (χ1n) is 10.4. The number of nitrogens with one attached hydrogen (secondary N) is 2. The van der Waals surface area contributed by atoms with Crippen molar-refractivity contribution in [1.29, 1.82) is 0 Å². The van der Waals surface area contributed by atoms with E-state index in [2.05, 4.69) is 30.8 Å². The van der Waals surface area contributed by atoms with Gasteiger partial charge >= 0.3 is 0 Å². The minimum absolute atomic E-state index is 0.0442. The van der Waals surface area contributed by atoms with Crippen molar-refractivity contribution in [2.45, 2.75) is 11.9 Å². The van der Waals surface area contributed by atoms with Crippen LogP contribution in [0, 0.1) is 0 Å². The Kier molecular flexibility index (Phi) is 7.96. The number of hydrogen-bond acceptors (Lipinski definition) is 10. The third-order valence-corrected chi connectivity index (χ3v) is 5.52. The Morgan fingerprint density at radius 2 is 2.09 bits per heavy atom. The molecular formula is C23H23N7O4S. The van der Waals surface area contributed by atoms with E-state index in [0.29, 0.717) is 33.9 Å². The number of aromatic nitrogens is 5. The molecule has 0 saturated heterocycles. The van der Waals surface area contributed by atoms with E-state index >= 15 is 0 Å². The molecule has 0 aliphatic rings. The Hall–Kier alpha value is -4.32. The quantitative estimate of drug-likeness (QED) is 0.132. The van der Waals surface area contributed by atoms with E-state index in [1.807, 2.05) is 18.3 Å². The van der Waals surface area contributed by atoms with Crippen LogP contribution in [0.25, 0.3) is 0 Å². The average Bonchev–Trinajstić information content (AvgIpc) is 3.58. The summed E-state index contributed by atoms with van der Waals surface area (Å²) in [5, 5.41) is 15.5. The number of Topliss-reactive ketones (excluding diaryl/α,β-unsaturated/α-hetero) is 1. The third kappa shape index (κ3) is 6.60. The van der Waals surface area contributed by atoms with Crippen LogP contribution in [0.2, 0.25) is 0 Å². The summed E-state index contributed by atoms with van der Waals surface area (Å²) in [4.78, 5) is 16.7. The van der Waals surface area contributed by atoms with Gasteiger partial charge < -0.3 is 14.2 Å². The summed E-state index contributed by atoms with van der Waals surface area (Å²) in [6, 6.07) is 14.3. The van der Waals surface area contributed by atoms with Gasteiger partial charge in [0.15, 0.2) is 24.0 Å². The monoisotopic (exact) mass is 493 g/mol. The van der Waals surface area contributed by atoms with E-state index in [4.69, 9.17) is 14.2 Å². The van der Waals surface area contributed by atoms with Gasteiger partial charge in [-0.1, -0.05) is 23.9 Å². The molecule has 0 fully saturated rings. The van der Waals surface area contributed by atoms with E-state index in [1.165, 1.54) is 11.8 Å². The number of aromatic amines is 1. The molecule has 2 aromatic carbocycles. The van der Waals surface area contributed by atoms with Crippen molar-refractivity contribution in [2.75, 3.05) is 25.4 Å². The molecule has 0 atom stereocenters. The lowest BCUT2D eigenvalue weighted by Crippen LogP contribution is -2.06. The van der Waals surface area contributed by atoms with Crippen molar-refractivity contribution >= 4 is 29.7 Å². The lowest BCUT2D eigenvalue weighted by Gasteiger charge is -2.11. The molecule has 4 aromatic rings. The van der Waals surface area contributed by atoms with E-state index in [0.717, 1.165) is 5.56 Å². The molecule has 0 saturated carbocycles. The smallest absolute Gasteiger partial charge is 0.240 e. The molecule has 0 spiro atoms. The highest BCUT2D eigenvalue weighted by Gasteiger charge is 2.11. The molecule has 4 rings (SSSR count). The Bertz CT molecular complexity index is 1290. The molecule has 2 heterocycles. The van der Waals surface area contributed by atoms with Crippen LogP contribution in [0.5, 0.6) is 17.2 Å². The van der Waals surface area contributed by atoms with Gasteiger partial charge in [0, 0.05) is 18.0 Å². The number of ketones is 1. The number of ether oxygens (including phenoxy) is 3. The number of methoxy groups -OCH3 is 2. The zero-order chi connectivity index (χ0) is 24.5. The fourth-order valence-corrected chi connectivity index (χ4v) is 3.63. The fourth-order valence-electron chi connectivity index (χ4n) is 2.94. The van der Waals surface area contributed by atoms with Crippen LogP contribution in [0.15, 0.2) is 71.2 Å². The SMILES string of the molecule is COc1cccc(C(=O)CSc2n[nH]c(N/N=C\c3ccc(OCn4cccn4)c(OC)c3)n2)c1. The normalized spacial score (nSPS) is 10.9. The van der Waals surface area contributed by atoms with Gasteiger partial charge in [-0.3, -0.25) is 4.79 Å². The van der Waals surface area contributed by atoms with Crippen LogP contribution < -0.4 is 19.6 Å². The summed E-state index contributed by atoms with van der Waals surface area (Å²) in [6.07, 6.45) is 5.11. The first-order chi connectivity index (χ1) is 17.1. The number of benzene rings is 2.